The average molecular weight is 611 g/mol. The van der Waals surface area contributed by atoms with E-state index in [0.29, 0.717) is 12.8 Å². The van der Waals surface area contributed by atoms with E-state index in [1.165, 1.54) is 16.7 Å². The zero-order chi connectivity index (χ0) is 32.4. The van der Waals surface area contributed by atoms with Gasteiger partial charge in [0.15, 0.2) is 6.10 Å². The van der Waals surface area contributed by atoms with Crippen LogP contribution in [-0.2, 0) is 36.7 Å². The van der Waals surface area contributed by atoms with Gasteiger partial charge in [-0.15, -0.1) is 0 Å². The number of ether oxygens (including phenoxy) is 2. The molecule has 3 aromatic carbocycles. The largest absolute Gasteiger partial charge is 0.432 e. The third-order valence-corrected chi connectivity index (χ3v) is 8.84. The van der Waals surface area contributed by atoms with Crippen molar-refractivity contribution in [1.82, 2.24) is 10.6 Å². The van der Waals surface area contributed by atoms with Crippen molar-refractivity contribution < 1.29 is 23.9 Å². The number of hydrogen-bond acceptors (Lipinski definition) is 5. The van der Waals surface area contributed by atoms with E-state index in [2.05, 4.69) is 78.2 Å². The Hall–Kier alpha value is -3.97. The molecular formula is C38H46N2O5. The minimum Gasteiger partial charge on any atom is -0.432 e. The highest BCUT2D eigenvalue weighted by atomic mass is 16.8. The van der Waals surface area contributed by atoms with Gasteiger partial charge < -0.3 is 20.1 Å². The van der Waals surface area contributed by atoms with Gasteiger partial charge in [0.05, 0.1) is 12.0 Å². The first-order valence-electron chi connectivity index (χ1n) is 16.1. The number of carbonyl (C=O) groups is 3. The molecule has 0 aromatic heterocycles. The van der Waals surface area contributed by atoms with E-state index in [-0.39, 0.29) is 17.9 Å². The van der Waals surface area contributed by atoms with Crippen molar-refractivity contribution in [1.29, 1.82) is 0 Å². The van der Waals surface area contributed by atoms with Crippen LogP contribution in [0.3, 0.4) is 0 Å². The van der Waals surface area contributed by atoms with Crippen LogP contribution in [0.4, 0.5) is 0 Å². The molecule has 7 nitrogen and oxygen atoms in total. The van der Waals surface area contributed by atoms with Crippen LogP contribution in [-0.4, -0.2) is 35.7 Å². The maximum atomic E-state index is 14.0. The van der Waals surface area contributed by atoms with Crippen molar-refractivity contribution >= 4 is 17.8 Å². The maximum Gasteiger partial charge on any atom is 0.338 e. The Morgan fingerprint density at radius 2 is 1.69 bits per heavy atom. The molecule has 3 aromatic rings. The summed E-state index contributed by atoms with van der Waals surface area (Å²) in [7, 11) is 0. The molecule has 2 amide bonds. The summed E-state index contributed by atoms with van der Waals surface area (Å²) in [6.07, 6.45) is 2.46. The van der Waals surface area contributed by atoms with Crippen molar-refractivity contribution in [3.63, 3.8) is 0 Å². The fourth-order valence-corrected chi connectivity index (χ4v) is 6.45. The second-order valence-electron chi connectivity index (χ2n) is 14.0. The minimum atomic E-state index is -1.12. The monoisotopic (exact) mass is 610 g/mol. The lowest BCUT2D eigenvalue weighted by Crippen LogP contribution is -2.56. The molecule has 2 aliphatic rings. The summed E-state index contributed by atoms with van der Waals surface area (Å²) in [6, 6.07) is 24.1. The van der Waals surface area contributed by atoms with Gasteiger partial charge in [0.1, 0.15) is 6.04 Å². The SMILES string of the molecule is Cc1cccc(-c2ccc(CCC[C@@H](C(=O)N[C@H](C(=O)N[C@@H]3CCc4ccccc43)C(C)(C)C)[C@@H]3OC(C)(C)OC3=O)cc2)c1. The average Bonchev–Trinajstić information content (AvgIpc) is 3.51. The topological polar surface area (TPSA) is 93.7 Å². The fourth-order valence-electron chi connectivity index (χ4n) is 6.45. The number of benzene rings is 3. The number of nitrogens with one attached hydrogen (secondary N) is 2. The van der Waals surface area contributed by atoms with E-state index in [4.69, 9.17) is 9.47 Å². The van der Waals surface area contributed by atoms with Crippen LogP contribution in [0.5, 0.6) is 0 Å². The summed E-state index contributed by atoms with van der Waals surface area (Å²) in [5.74, 6) is -3.10. The van der Waals surface area contributed by atoms with Crippen molar-refractivity contribution in [2.24, 2.45) is 11.3 Å². The number of aryl methyl sites for hydroxylation is 3. The first kappa shape index (κ1) is 32.4. The number of amides is 2. The summed E-state index contributed by atoms with van der Waals surface area (Å²) in [4.78, 5) is 40.6. The van der Waals surface area contributed by atoms with Gasteiger partial charge in [-0.1, -0.05) is 99.1 Å². The molecule has 4 atom stereocenters. The summed E-state index contributed by atoms with van der Waals surface area (Å²) in [6.45, 7) is 11.2. The Morgan fingerprint density at radius 3 is 2.36 bits per heavy atom. The zero-order valence-corrected chi connectivity index (χ0v) is 27.3. The summed E-state index contributed by atoms with van der Waals surface area (Å²) >= 11 is 0. The van der Waals surface area contributed by atoms with E-state index in [1.807, 2.05) is 32.9 Å². The predicted molar refractivity (Wildman–Crippen MR) is 175 cm³/mol. The Balaban J connectivity index is 1.28. The molecule has 0 radical (unpaired) electrons. The Bertz CT molecular complexity index is 1540. The Kier molecular flexibility index (Phi) is 9.49. The Labute approximate surface area is 267 Å². The summed E-state index contributed by atoms with van der Waals surface area (Å²) in [5.41, 5.74) is 6.47. The highest BCUT2D eigenvalue weighted by Crippen LogP contribution is 2.33. The molecule has 0 bridgehead atoms. The summed E-state index contributed by atoms with van der Waals surface area (Å²) < 4.78 is 11.4. The van der Waals surface area contributed by atoms with Crippen molar-refractivity contribution in [2.45, 2.75) is 97.6 Å². The molecule has 1 heterocycles. The normalized spacial score (nSPS) is 20.2. The van der Waals surface area contributed by atoms with Gasteiger partial charge >= 0.3 is 5.97 Å². The molecule has 0 unspecified atom stereocenters. The van der Waals surface area contributed by atoms with E-state index >= 15 is 0 Å². The van der Waals surface area contributed by atoms with Gasteiger partial charge in [-0.25, -0.2) is 4.79 Å². The first-order valence-corrected chi connectivity index (χ1v) is 16.1. The number of cyclic esters (lactones) is 1. The van der Waals surface area contributed by atoms with Crippen molar-refractivity contribution in [3.8, 4) is 11.1 Å². The minimum absolute atomic E-state index is 0.0995. The number of carbonyl (C=O) groups excluding carboxylic acids is 3. The first-order chi connectivity index (χ1) is 21.3. The van der Waals surface area contributed by atoms with Gasteiger partial charge in [-0.2, -0.15) is 0 Å². The second-order valence-corrected chi connectivity index (χ2v) is 14.0. The van der Waals surface area contributed by atoms with E-state index < -0.39 is 35.2 Å². The van der Waals surface area contributed by atoms with Crippen LogP contribution in [0.1, 0.15) is 82.2 Å². The predicted octanol–water partition coefficient (Wildman–Crippen LogP) is 6.61. The zero-order valence-electron chi connectivity index (χ0n) is 27.3. The molecule has 1 aliphatic heterocycles. The highest BCUT2D eigenvalue weighted by Gasteiger charge is 2.48. The second kappa shape index (κ2) is 13.2. The lowest BCUT2D eigenvalue weighted by Gasteiger charge is -2.33. The number of hydrogen-bond donors (Lipinski definition) is 2. The van der Waals surface area contributed by atoms with Crippen LogP contribution in [0, 0.1) is 18.3 Å². The van der Waals surface area contributed by atoms with Gasteiger partial charge in [0, 0.05) is 13.8 Å². The third kappa shape index (κ3) is 7.82. The molecule has 5 rings (SSSR count). The van der Waals surface area contributed by atoms with Gasteiger partial charge in [0.2, 0.25) is 17.6 Å². The van der Waals surface area contributed by atoms with Crippen LogP contribution in [0.25, 0.3) is 11.1 Å². The number of rotatable bonds is 10. The van der Waals surface area contributed by atoms with Gasteiger partial charge in [-0.3, -0.25) is 9.59 Å². The molecule has 1 saturated heterocycles. The van der Waals surface area contributed by atoms with Crippen LogP contribution in [0.15, 0.2) is 72.8 Å². The van der Waals surface area contributed by atoms with E-state index in [0.717, 1.165) is 36.0 Å². The van der Waals surface area contributed by atoms with Crippen LogP contribution in [0.2, 0.25) is 0 Å². The maximum absolute atomic E-state index is 14.0. The number of esters is 1. The fraction of sp³-hybridized carbons (Fsp3) is 0.447. The lowest BCUT2D eigenvalue weighted by molar-refractivity contribution is -0.162. The summed E-state index contributed by atoms with van der Waals surface area (Å²) in [5, 5.41) is 6.20. The third-order valence-electron chi connectivity index (χ3n) is 8.84. The molecular weight excluding hydrogens is 564 g/mol. The Morgan fingerprint density at radius 1 is 0.956 bits per heavy atom. The van der Waals surface area contributed by atoms with Crippen molar-refractivity contribution in [3.05, 3.63) is 95.1 Å². The highest BCUT2D eigenvalue weighted by molar-refractivity contribution is 5.92. The molecule has 7 heteroatoms. The molecule has 0 spiro atoms. The van der Waals surface area contributed by atoms with Crippen LogP contribution < -0.4 is 10.6 Å². The molecule has 45 heavy (non-hydrogen) atoms. The molecule has 1 fully saturated rings. The van der Waals surface area contributed by atoms with E-state index in [9.17, 15) is 14.4 Å². The van der Waals surface area contributed by atoms with Crippen LogP contribution >= 0.6 is 0 Å². The van der Waals surface area contributed by atoms with Crippen molar-refractivity contribution in [2.75, 3.05) is 0 Å². The molecule has 2 N–H and O–H groups in total. The van der Waals surface area contributed by atoms with Gasteiger partial charge in [0.25, 0.3) is 0 Å². The molecule has 0 saturated carbocycles. The van der Waals surface area contributed by atoms with E-state index in [1.54, 1.807) is 13.8 Å². The quantitative estimate of drug-likeness (QED) is 0.252. The number of fused-ring (bicyclic) bond motifs is 1. The van der Waals surface area contributed by atoms with Gasteiger partial charge in [-0.05, 0) is 72.3 Å². The smallest absolute Gasteiger partial charge is 0.338 e. The standard InChI is InChI=1S/C38H46N2O5/c1-24-11-9-14-28(23-24)26-19-17-25(18-20-26)12-10-16-30(32-36(43)45-38(5,6)44-32)34(41)40-33(37(2,3)4)35(42)39-31-22-21-27-13-7-8-15-29(27)31/h7-9,11,13-15,17-20,23,30-33H,10,12,16,21-22H2,1-6H3,(H,39,42)(H,40,41)/t30-,31-,32+,33-/m1/s1. The molecule has 1 aliphatic carbocycles. The molecule has 238 valence electrons. The lowest BCUT2D eigenvalue weighted by atomic mass is 9.84.